The maximum Gasteiger partial charge on any atom is 0.0306 e. The Bertz CT molecular complexity index is 171. The Morgan fingerprint density at radius 3 is 2.21 bits per heavy atom. The summed E-state index contributed by atoms with van der Waals surface area (Å²) < 4.78 is 0. The number of hydrogen-bond donors (Lipinski definition) is 1. The SMILES string of the molecule is CCC(C)C(N)C(C)(C)N1CCCC1. The zero-order valence-corrected chi connectivity index (χ0v) is 10.2. The van der Waals surface area contributed by atoms with Crippen LogP contribution in [0.3, 0.4) is 0 Å². The molecule has 0 bridgehead atoms. The van der Waals surface area contributed by atoms with Gasteiger partial charge < -0.3 is 5.73 Å². The minimum absolute atomic E-state index is 0.173. The lowest BCUT2D eigenvalue weighted by Crippen LogP contribution is -2.57. The van der Waals surface area contributed by atoms with Gasteiger partial charge in [-0.2, -0.15) is 0 Å². The summed E-state index contributed by atoms with van der Waals surface area (Å²) in [6.45, 7) is 11.6. The van der Waals surface area contributed by atoms with Crippen molar-refractivity contribution in [1.29, 1.82) is 0 Å². The molecule has 0 aliphatic carbocycles. The Hall–Kier alpha value is -0.0800. The molecule has 1 heterocycles. The van der Waals surface area contributed by atoms with E-state index in [1.807, 2.05) is 0 Å². The van der Waals surface area contributed by atoms with E-state index in [9.17, 15) is 0 Å². The lowest BCUT2D eigenvalue weighted by atomic mass is 9.83. The molecule has 0 radical (unpaired) electrons. The smallest absolute Gasteiger partial charge is 0.0306 e. The fourth-order valence-electron chi connectivity index (χ4n) is 2.45. The molecular weight excluding hydrogens is 172 g/mol. The van der Waals surface area contributed by atoms with E-state index in [0.717, 1.165) is 0 Å². The van der Waals surface area contributed by atoms with Crippen molar-refractivity contribution in [3.8, 4) is 0 Å². The van der Waals surface area contributed by atoms with Crippen LogP contribution in [-0.4, -0.2) is 29.6 Å². The number of nitrogens with two attached hydrogens (primary N) is 1. The lowest BCUT2D eigenvalue weighted by Gasteiger charge is -2.42. The van der Waals surface area contributed by atoms with Crippen molar-refractivity contribution in [1.82, 2.24) is 4.90 Å². The van der Waals surface area contributed by atoms with Crippen LogP contribution in [0.1, 0.15) is 47.0 Å². The van der Waals surface area contributed by atoms with Crippen molar-refractivity contribution in [2.24, 2.45) is 11.7 Å². The molecule has 1 saturated heterocycles. The van der Waals surface area contributed by atoms with Gasteiger partial charge in [0.2, 0.25) is 0 Å². The minimum atomic E-state index is 0.173. The average molecular weight is 198 g/mol. The first-order valence-electron chi connectivity index (χ1n) is 6.00. The second-order valence-electron chi connectivity index (χ2n) is 5.26. The second-order valence-corrected chi connectivity index (χ2v) is 5.26. The molecule has 2 unspecified atom stereocenters. The van der Waals surface area contributed by atoms with Crippen LogP contribution in [0.25, 0.3) is 0 Å². The maximum atomic E-state index is 6.34. The lowest BCUT2D eigenvalue weighted by molar-refractivity contribution is 0.0994. The molecule has 0 aromatic heterocycles. The normalized spacial score (nSPS) is 23.8. The van der Waals surface area contributed by atoms with Crippen LogP contribution in [0, 0.1) is 5.92 Å². The quantitative estimate of drug-likeness (QED) is 0.750. The molecule has 0 spiro atoms. The zero-order valence-electron chi connectivity index (χ0n) is 10.2. The average Bonchev–Trinajstić information content (AvgIpc) is 2.68. The third-order valence-corrected chi connectivity index (χ3v) is 3.99. The van der Waals surface area contributed by atoms with E-state index in [2.05, 4.69) is 32.6 Å². The van der Waals surface area contributed by atoms with Crippen molar-refractivity contribution in [2.45, 2.75) is 58.5 Å². The first kappa shape index (κ1) is 12.0. The molecule has 84 valence electrons. The Kier molecular flexibility index (Phi) is 3.96. The fraction of sp³-hybridized carbons (Fsp3) is 1.00. The number of rotatable bonds is 4. The predicted molar refractivity (Wildman–Crippen MR) is 62.3 cm³/mol. The molecule has 2 nitrogen and oxygen atoms in total. The summed E-state index contributed by atoms with van der Waals surface area (Å²) in [4.78, 5) is 2.56. The number of likely N-dealkylation sites (tertiary alicyclic amines) is 1. The van der Waals surface area contributed by atoms with Gasteiger partial charge in [0.05, 0.1) is 0 Å². The first-order valence-corrected chi connectivity index (χ1v) is 6.00. The molecule has 1 fully saturated rings. The summed E-state index contributed by atoms with van der Waals surface area (Å²) in [5, 5.41) is 0. The van der Waals surface area contributed by atoms with Crippen molar-refractivity contribution in [3.63, 3.8) is 0 Å². The van der Waals surface area contributed by atoms with Crippen LogP contribution in [-0.2, 0) is 0 Å². The highest BCUT2D eigenvalue weighted by atomic mass is 15.2. The Balaban J connectivity index is 2.62. The largest absolute Gasteiger partial charge is 0.326 e. The van der Waals surface area contributed by atoms with Gasteiger partial charge in [-0.3, -0.25) is 4.90 Å². The van der Waals surface area contributed by atoms with Crippen LogP contribution in [0.2, 0.25) is 0 Å². The number of nitrogens with zero attached hydrogens (tertiary/aromatic N) is 1. The van der Waals surface area contributed by atoms with Crippen LogP contribution >= 0.6 is 0 Å². The highest BCUT2D eigenvalue weighted by molar-refractivity contribution is 4.95. The van der Waals surface area contributed by atoms with Gasteiger partial charge >= 0.3 is 0 Å². The van der Waals surface area contributed by atoms with E-state index >= 15 is 0 Å². The summed E-state index contributed by atoms with van der Waals surface area (Å²) in [5.41, 5.74) is 6.52. The molecule has 1 rings (SSSR count). The van der Waals surface area contributed by atoms with Crippen molar-refractivity contribution >= 4 is 0 Å². The molecule has 0 aromatic rings. The van der Waals surface area contributed by atoms with Crippen LogP contribution in [0.15, 0.2) is 0 Å². The molecule has 2 heteroatoms. The van der Waals surface area contributed by atoms with Gasteiger partial charge in [-0.05, 0) is 45.7 Å². The van der Waals surface area contributed by atoms with E-state index in [-0.39, 0.29) is 5.54 Å². The van der Waals surface area contributed by atoms with Gasteiger partial charge in [0.15, 0.2) is 0 Å². The molecule has 1 aliphatic rings. The molecule has 2 atom stereocenters. The maximum absolute atomic E-state index is 6.34. The van der Waals surface area contributed by atoms with E-state index in [1.54, 1.807) is 0 Å². The summed E-state index contributed by atoms with van der Waals surface area (Å²) in [5.74, 6) is 0.616. The van der Waals surface area contributed by atoms with Gasteiger partial charge in [-0.15, -0.1) is 0 Å². The molecule has 14 heavy (non-hydrogen) atoms. The van der Waals surface area contributed by atoms with E-state index < -0.39 is 0 Å². The van der Waals surface area contributed by atoms with Crippen LogP contribution in [0.5, 0.6) is 0 Å². The standard InChI is InChI=1S/C12H26N2/c1-5-10(2)11(13)12(3,4)14-8-6-7-9-14/h10-11H,5-9,13H2,1-4H3. The van der Waals surface area contributed by atoms with Crippen LogP contribution < -0.4 is 5.73 Å². The second kappa shape index (κ2) is 4.63. The Labute approximate surface area is 88.8 Å². The molecule has 0 amide bonds. The van der Waals surface area contributed by atoms with E-state index in [4.69, 9.17) is 5.73 Å². The Morgan fingerprint density at radius 2 is 1.79 bits per heavy atom. The minimum Gasteiger partial charge on any atom is -0.326 e. The van der Waals surface area contributed by atoms with Crippen molar-refractivity contribution in [2.75, 3.05) is 13.1 Å². The summed E-state index contributed by atoms with van der Waals surface area (Å²) >= 11 is 0. The Morgan fingerprint density at radius 1 is 1.29 bits per heavy atom. The molecule has 1 aliphatic heterocycles. The van der Waals surface area contributed by atoms with Crippen molar-refractivity contribution < 1.29 is 0 Å². The van der Waals surface area contributed by atoms with Crippen molar-refractivity contribution in [3.05, 3.63) is 0 Å². The summed E-state index contributed by atoms with van der Waals surface area (Å²) in [6.07, 6.45) is 3.87. The molecule has 2 N–H and O–H groups in total. The monoisotopic (exact) mass is 198 g/mol. The van der Waals surface area contributed by atoms with E-state index in [0.29, 0.717) is 12.0 Å². The van der Waals surface area contributed by atoms with Gasteiger partial charge in [0, 0.05) is 11.6 Å². The zero-order chi connectivity index (χ0) is 10.8. The third kappa shape index (κ3) is 2.29. The summed E-state index contributed by atoms with van der Waals surface area (Å²) in [6, 6.07) is 0.297. The first-order chi connectivity index (χ1) is 6.50. The number of hydrogen-bond acceptors (Lipinski definition) is 2. The summed E-state index contributed by atoms with van der Waals surface area (Å²) in [7, 11) is 0. The molecular formula is C12H26N2. The van der Waals surface area contributed by atoms with Gasteiger partial charge in [0.1, 0.15) is 0 Å². The predicted octanol–water partition coefficient (Wildman–Crippen LogP) is 2.23. The molecule has 0 saturated carbocycles. The molecule has 0 aromatic carbocycles. The van der Waals surface area contributed by atoms with Gasteiger partial charge in [-0.25, -0.2) is 0 Å². The topological polar surface area (TPSA) is 29.3 Å². The fourth-order valence-corrected chi connectivity index (χ4v) is 2.45. The van der Waals surface area contributed by atoms with Gasteiger partial charge in [-0.1, -0.05) is 20.3 Å². The van der Waals surface area contributed by atoms with Gasteiger partial charge in [0.25, 0.3) is 0 Å². The van der Waals surface area contributed by atoms with Crippen LogP contribution in [0.4, 0.5) is 0 Å². The highest BCUT2D eigenvalue weighted by Crippen LogP contribution is 2.27. The van der Waals surface area contributed by atoms with E-state index in [1.165, 1.54) is 32.4 Å². The highest BCUT2D eigenvalue weighted by Gasteiger charge is 2.36. The third-order valence-electron chi connectivity index (χ3n) is 3.99.